The molecule has 2 aliphatic rings. The minimum atomic E-state index is -0.280. The lowest BCUT2D eigenvalue weighted by Crippen LogP contribution is -2.51. The molecular formula is C14H27N3O. The maximum atomic E-state index is 12.5. The van der Waals surface area contributed by atoms with E-state index in [2.05, 4.69) is 5.32 Å². The molecule has 0 aromatic carbocycles. The zero-order chi connectivity index (χ0) is 13.0. The van der Waals surface area contributed by atoms with E-state index in [-0.39, 0.29) is 11.3 Å². The second-order valence-electron chi connectivity index (χ2n) is 6.13. The van der Waals surface area contributed by atoms with Crippen LogP contribution in [0.15, 0.2) is 0 Å². The predicted octanol–water partition coefficient (Wildman–Crippen LogP) is 1.28. The van der Waals surface area contributed by atoms with Crippen LogP contribution in [0, 0.1) is 5.41 Å². The Morgan fingerprint density at radius 2 is 1.72 bits per heavy atom. The van der Waals surface area contributed by atoms with Crippen molar-refractivity contribution >= 4 is 5.91 Å². The molecule has 1 amide bonds. The molecule has 0 aliphatic heterocycles. The molecule has 18 heavy (non-hydrogen) atoms. The van der Waals surface area contributed by atoms with Crippen molar-refractivity contribution < 1.29 is 4.79 Å². The van der Waals surface area contributed by atoms with Crippen molar-refractivity contribution in [1.82, 2.24) is 5.32 Å². The number of carbonyl (C=O) groups excluding carboxylic acids is 1. The minimum Gasteiger partial charge on any atom is -0.353 e. The van der Waals surface area contributed by atoms with Crippen molar-refractivity contribution in [2.75, 3.05) is 6.54 Å². The first-order valence-electron chi connectivity index (χ1n) is 7.43. The highest BCUT2D eigenvalue weighted by Crippen LogP contribution is 2.36. The van der Waals surface area contributed by atoms with E-state index in [4.69, 9.17) is 11.5 Å². The lowest BCUT2D eigenvalue weighted by molar-refractivity contribution is -0.133. The summed E-state index contributed by atoms with van der Waals surface area (Å²) in [6.45, 7) is 0.491. The molecule has 4 heteroatoms. The summed E-state index contributed by atoms with van der Waals surface area (Å²) < 4.78 is 0. The van der Waals surface area contributed by atoms with Crippen molar-refractivity contribution in [1.29, 1.82) is 0 Å². The molecule has 0 radical (unpaired) electrons. The Kier molecular flexibility index (Phi) is 4.62. The van der Waals surface area contributed by atoms with Gasteiger partial charge < -0.3 is 16.8 Å². The highest BCUT2D eigenvalue weighted by atomic mass is 16.2. The van der Waals surface area contributed by atoms with Gasteiger partial charge in [0.25, 0.3) is 0 Å². The summed E-state index contributed by atoms with van der Waals surface area (Å²) >= 11 is 0. The third-order valence-corrected chi connectivity index (χ3v) is 4.79. The maximum Gasteiger partial charge on any atom is 0.227 e. The van der Waals surface area contributed by atoms with Gasteiger partial charge in [0.05, 0.1) is 5.41 Å². The van der Waals surface area contributed by atoms with Crippen molar-refractivity contribution in [2.45, 2.75) is 69.9 Å². The Balaban J connectivity index is 1.89. The topological polar surface area (TPSA) is 81.1 Å². The van der Waals surface area contributed by atoms with E-state index in [1.165, 1.54) is 6.42 Å². The van der Waals surface area contributed by atoms with Crippen LogP contribution in [0.25, 0.3) is 0 Å². The van der Waals surface area contributed by atoms with Gasteiger partial charge in [0.15, 0.2) is 0 Å². The van der Waals surface area contributed by atoms with Gasteiger partial charge in [-0.2, -0.15) is 0 Å². The number of carbonyl (C=O) groups is 1. The molecule has 2 fully saturated rings. The summed E-state index contributed by atoms with van der Waals surface area (Å²) in [5.74, 6) is 0.199. The maximum absolute atomic E-state index is 12.5. The van der Waals surface area contributed by atoms with E-state index in [0.717, 1.165) is 51.4 Å². The second kappa shape index (κ2) is 6.02. The summed E-state index contributed by atoms with van der Waals surface area (Å²) in [5.41, 5.74) is 11.5. The van der Waals surface area contributed by atoms with Crippen molar-refractivity contribution in [3.8, 4) is 0 Å². The summed E-state index contributed by atoms with van der Waals surface area (Å²) in [6, 6.07) is 0.652. The van der Waals surface area contributed by atoms with E-state index in [1.807, 2.05) is 0 Å². The van der Waals surface area contributed by atoms with E-state index in [0.29, 0.717) is 18.6 Å². The van der Waals surface area contributed by atoms with E-state index in [9.17, 15) is 4.79 Å². The fourth-order valence-electron chi connectivity index (χ4n) is 3.35. The van der Waals surface area contributed by atoms with Gasteiger partial charge in [-0.1, -0.05) is 19.3 Å². The molecule has 0 heterocycles. The first-order valence-corrected chi connectivity index (χ1v) is 7.43. The fraction of sp³-hybridized carbons (Fsp3) is 0.929. The third-order valence-electron chi connectivity index (χ3n) is 4.79. The van der Waals surface area contributed by atoms with Crippen LogP contribution >= 0.6 is 0 Å². The molecule has 2 saturated carbocycles. The summed E-state index contributed by atoms with van der Waals surface area (Å²) in [6.07, 6.45) is 9.54. The molecule has 0 aromatic heterocycles. The molecular weight excluding hydrogens is 226 g/mol. The molecule has 0 saturated heterocycles. The van der Waals surface area contributed by atoms with E-state index >= 15 is 0 Å². The zero-order valence-corrected chi connectivity index (χ0v) is 11.3. The van der Waals surface area contributed by atoms with Gasteiger partial charge in [-0.15, -0.1) is 0 Å². The van der Waals surface area contributed by atoms with E-state index < -0.39 is 0 Å². The summed E-state index contributed by atoms with van der Waals surface area (Å²) in [7, 11) is 0. The SMILES string of the molecule is NCC1(C(=O)NC2CCC(N)CC2)CCCCC1. The van der Waals surface area contributed by atoms with Crippen molar-refractivity contribution in [3.05, 3.63) is 0 Å². The minimum absolute atomic E-state index is 0.199. The number of amides is 1. The standard InChI is InChI=1S/C14H27N3O/c15-10-14(8-2-1-3-9-14)13(18)17-12-6-4-11(16)5-7-12/h11-12H,1-10,15-16H2,(H,17,18). The third kappa shape index (κ3) is 3.04. The number of nitrogens with two attached hydrogens (primary N) is 2. The average molecular weight is 253 g/mol. The summed E-state index contributed by atoms with van der Waals surface area (Å²) in [4.78, 5) is 12.5. The largest absolute Gasteiger partial charge is 0.353 e. The normalized spacial score (nSPS) is 31.9. The quantitative estimate of drug-likeness (QED) is 0.708. The van der Waals surface area contributed by atoms with Crippen LogP contribution in [0.5, 0.6) is 0 Å². The number of nitrogens with one attached hydrogen (secondary N) is 1. The first kappa shape index (κ1) is 13.8. The first-order chi connectivity index (χ1) is 8.66. The molecule has 0 spiro atoms. The molecule has 0 atom stereocenters. The van der Waals surface area contributed by atoms with Crippen LogP contribution in [0.1, 0.15) is 57.8 Å². The van der Waals surface area contributed by atoms with Gasteiger partial charge >= 0.3 is 0 Å². The lowest BCUT2D eigenvalue weighted by atomic mass is 9.73. The van der Waals surface area contributed by atoms with Crippen LogP contribution in [0.2, 0.25) is 0 Å². The lowest BCUT2D eigenvalue weighted by Gasteiger charge is -2.37. The Labute approximate surface area is 110 Å². The van der Waals surface area contributed by atoms with Crippen LogP contribution in [-0.4, -0.2) is 24.5 Å². The van der Waals surface area contributed by atoms with Gasteiger partial charge in [-0.25, -0.2) is 0 Å². The Bertz CT molecular complexity index is 279. The monoisotopic (exact) mass is 253 g/mol. The van der Waals surface area contributed by atoms with Crippen LogP contribution in [0.3, 0.4) is 0 Å². The molecule has 0 unspecified atom stereocenters. The van der Waals surface area contributed by atoms with Crippen LogP contribution in [-0.2, 0) is 4.79 Å². The smallest absolute Gasteiger partial charge is 0.227 e. The van der Waals surface area contributed by atoms with Gasteiger partial charge in [-0.05, 0) is 38.5 Å². The highest BCUT2D eigenvalue weighted by molar-refractivity contribution is 5.83. The Morgan fingerprint density at radius 3 is 2.28 bits per heavy atom. The number of rotatable bonds is 3. The Hall–Kier alpha value is -0.610. The number of hydrogen-bond acceptors (Lipinski definition) is 3. The molecule has 4 nitrogen and oxygen atoms in total. The van der Waals surface area contributed by atoms with Crippen LogP contribution in [0.4, 0.5) is 0 Å². The fourth-order valence-corrected chi connectivity index (χ4v) is 3.35. The van der Waals surface area contributed by atoms with Crippen molar-refractivity contribution in [2.24, 2.45) is 16.9 Å². The van der Waals surface area contributed by atoms with Gasteiger partial charge in [0, 0.05) is 18.6 Å². The second-order valence-corrected chi connectivity index (χ2v) is 6.13. The Morgan fingerprint density at radius 1 is 1.11 bits per heavy atom. The predicted molar refractivity (Wildman–Crippen MR) is 72.9 cm³/mol. The van der Waals surface area contributed by atoms with Gasteiger partial charge in [0.1, 0.15) is 0 Å². The zero-order valence-electron chi connectivity index (χ0n) is 11.3. The van der Waals surface area contributed by atoms with Gasteiger partial charge in [0.2, 0.25) is 5.91 Å². The number of hydrogen-bond donors (Lipinski definition) is 3. The summed E-state index contributed by atoms with van der Waals surface area (Å²) in [5, 5.41) is 3.23. The molecule has 2 rings (SSSR count). The van der Waals surface area contributed by atoms with E-state index in [1.54, 1.807) is 0 Å². The molecule has 2 aliphatic carbocycles. The molecule has 104 valence electrons. The molecule has 0 aromatic rings. The molecule has 5 N–H and O–H groups in total. The molecule has 0 bridgehead atoms. The van der Waals surface area contributed by atoms with Gasteiger partial charge in [-0.3, -0.25) is 4.79 Å². The van der Waals surface area contributed by atoms with Crippen LogP contribution < -0.4 is 16.8 Å². The van der Waals surface area contributed by atoms with Crippen molar-refractivity contribution in [3.63, 3.8) is 0 Å². The highest BCUT2D eigenvalue weighted by Gasteiger charge is 2.39. The average Bonchev–Trinajstić information content (AvgIpc) is 2.42.